The van der Waals surface area contributed by atoms with E-state index in [2.05, 4.69) is 15.6 Å². The molecule has 2 rings (SSSR count). The average Bonchev–Trinajstić information content (AvgIpc) is 2.61. The maximum atomic E-state index is 11.9. The van der Waals surface area contributed by atoms with Crippen LogP contribution in [0.25, 0.3) is 0 Å². The predicted molar refractivity (Wildman–Crippen MR) is 70.7 cm³/mol. The summed E-state index contributed by atoms with van der Waals surface area (Å²) in [5.41, 5.74) is 0.929. The van der Waals surface area contributed by atoms with Gasteiger partial charge in [0.15, 0.2) is 0 Å². The van der Waals surface area contributed by atoms with Gasteiger partial charge in [0, 0.05) is 11.4 Å². The fourth-order valence-corrected chi connectivity index (χ4v) is 3.09. The normalized spacial score (nSPS) is 23.9. The molecule has 1 aliphatic rings. The van der Waals surface area contributed by atoms with Crippen molar-refractivity contribution in [1.29, 1.82) is 0 Å². The van der Waals surface area contributed by atoms with E-state index in [9.17, 15) is 9.90 Å². The SMILES string of the molecule is Cc1nc(C)c(CC(=O)N[C@@H]2CCNC[C@H]2O)s1. The number of aliphatic hydroxyl groups excluding tert-OH is 1. The van der Waals surface area contributed by atoms with Crippen LogP contribution in [0.1, 0.15) is 22.0 Å². The predicted octanol–water partition coefficient (Wildman–Crippen LogP) is 0.141. The quantitative estimate of drug-likeness (QED) is 0.730. The van der Waals surface area contributed by atoms with Crippen LogP contribution in [-0.4, -0.2) is 41.2 Å². The monoisotopic (exact) mass is 269 g/mol. The highest BCUT2D eigenvalue weighted by Crippen LogP contribution is 2.17. The first-order valence-electron chi connectivity index (χ1n) is 6.17. The molecule has 100 valence electrons. The largest absolute Gasteiger partial charge is 0.390 e. The van der Waals surface area contributed by atoms with Crippen LogP contribution in [0, 0.1) is 13.8 Å². The molecule has 2 heterocycles. The van der Waals surface area contributed by atoms with Gasteiger partial charge in [-0.15, -0.1) is 11.3 Å². The molecular weight excluding hydrogens is 250 g/mol. The summed E-state index contributed by atoms with van der Waals surface area (Å²) in [6, 6.07) is -0.131. The number of amides is 1. The maximum Gasteiger partial charge on any atom is 0.225 e. The minimum atomic E-state index is -0.494. The Morgan fingerprint density at radius 1 is 1.61 bits per heavy atom. The summed E-state index contributed by atoms with van der Waals surface area (Å²) in [5.74, 6) is -0.0345. The summed E-state index contributed by atoms with van der Waals surface area (Å²) in [6.07, 6.45) is 0.633. The number of nitrogens with zero attached hydrogens (tertiary/aromatic N) is 1. The van der Waals surface area contributed by atoms with Gasteiger partial charge in [0.2, 0.25) is 5.91 Å². The number of piperidine rings is 1. The first-order valence-corrected chi connectivity index (χ1v) is 6.99. The van der Waals surface area contributed by atoms with E-state index in [0.717, 1.165) is 28.5 Å². The van der Waals surface area contributed by atoms with E-state index >= 15 is 0 Å². The molecule has 18 heavy (non-hydrogen) atoms. The van der Waals surface area contributed by atoms with Gasteiger partial charge in [0.05, 0.1) is 29.3 Å². The topological polar surface area (TPSA) is 74.2 Å². The molecule has 0 radical (unpaired) electrons. The fourth-order valence-electron chi connectivity index (χ4n) is 2.15. The summed E-state index contributed by atoms with van der Waals surface area (Å²) in [4.78, 5) is 17.2. The van der Waals surface area contributed by atoms with Crippen molar-refractivity contribution < 1.29 is 9.90 Å². The number of aromatic nitrogens is 1. The number of nitrogens with one attached hydrogen (secondary N) is 2. The molecule has 1 amide bonds. The van der Waals surface area contributed by atoms with Crippen LogP contribution in [0.3, 0.4) is 0 Å². The van der Waals surface area contributed by atoms with E-state index in [0.29, 0.717) is 13.0 Å². The van der Waals surface area contributed by atoms with E-state index in [-0.39, 0.29) is 11.9 Å². The van der Waals surface area contributed by atoms with Crippen LogP contribution >= 0.6 is 11.3 Å². The molecule has 1 aliphatic heterocycles. The summed E-state index contributed by atoms with van der Waals surface area (Å²) < 4.78 is 0. The number of carbonyl (C=O) groups is 1. The number of thiazole rings is 1. The van der Waals surface area contributed by atoms with Crippen LogP contribution in [0.4, 0.5) is 0 Å². The second-order valence-electron chi connectivity index (χ2n) is 4.65. The lowest BCUT2D eigenvalue weighted by atomic mass is 10.0. The highest BCUT2D eigenvalue weighted by atomic mass is 32.1. The summed E-state index contributed by atoms with van der Waals surface area (Å²) >= 11 is 1.56. The highest BCUT2D eigenvalue weighted by Gasteiger charge is 2.24. The first-order chi connectivity index (χ1) is 8.56. The molecule has 1 aromatic heterocycles. The van der Waals surface area contributed by atoms with Gasteiger partial charge >= 0.3 is 0 Å². The number of rotatable bonds is 3. The molecule has 1 fully saturated rings. The van der Waals surface area contributed by atoms with Crippen LogP contribution in [0.5, 0.6) is 0 Å². The molecular formula is C12H19N3O2S. The van der Waals surface area contributed by atoms with E-state index in [1.807, 2.05) is 13.8 Å². The zero-order valence-electron chi connectivity index (χ0n) is 10.7. The Labute approximate surface area is 111 Å². The fraction of sp³-hybridized carbons (Fsp3) is 0.667. The van der Waals surface area contributed by atoms with Crippen LogP contribution in [0.15, 0.2) is 0 Å². The van der Waals surface area contributed by atoms with Gasteiger partial charge in [0.1, 0.15) is 0 Å². The first kappa shape index (κ1) is 13.5. The van der Waals surface area contributed by atoms with Crippen molar-refractivity contribution in [3.63, 3.8) is 0 Å². The third-order valence-electron chi connectivity index (χ3n) is 3.12. The number of carbonyl (C=O) groups excluding carboxylic acids is 1. The third kappa shape index (κ3) is 3.28. The van der Waals surface area contributed by atoms with Crippen molar-refractivity contribution in [3.05, 3.63) is 15.6 Å². The van der Waals surface area contributed by atoms with Gasteiger partial charge in [-0.1, -0.05) is 0 Å². The molecule has 3 N–H and O–H groups in total. The number of hydrogen-bond donors (Lipinski definition) is 3. The van der Waals surface area contributed by atoms with E-state index in [1.54, 1.807) is 11.3 Å². The molecule has 1 saturated heterocycles. The lowest BCUT2D eigenvalue weighted by Crippen LogP contribution is -2.52. The molecule has 0 unspecified atom stereocenters. The molecule has 0 bridgehead atoms. The molecule has 2 atom stereocenters. The van der Waals surface area contributed by atoms with Crippen LogP contribution < -0.4 is 10.6 Å². The average molecular weight is 269 g/mol. The molecule has 5 nitrogen and oxygen atoms in total. The minimum absolute atomic E-state index is 0.0345. The Kier molecular flexibility index (Phi) is 4.31. The standard InChI is InChI=1S/C12H19N3O2S/c1-7-11(18-8(2)14-7)5-12(17)15-9-3-4-13-6-10(9)16/h9-10,13,16H,3-6H2,1-2H3,(H,15,17)/t9-,10-/m1/s1. The Morgan fingerprint density at radius 2 is 2.39 bits per heavy atom. The molecule has 0 saturated carbocycles. The van der Waals surface area contributed by atoms with E-state index in [4.69, 9.17) is 0 Å². The summed E-state index contributed by atoms with van der Waals surface area (Å²) in [5, 5.41) is 16.7. The van der Waals surface area contributed by atoms with Gasteiger partial charge in [0.25, 0.3) is 0 Å². The number of β-amino-alcohol motifs (C(OH)–C–C–N with tert-alkyl or cyclic N) is 1. The van der Waals surface area contributed by atoms with Crippen molar-refractivity contribution in [2.45, 2.75) is 38.8 Å². The second kappa shape index (κ2) is 5.77. The van der Waals surface area contributed by atoms with Gasteiger partial charge in [-0.05, 0) is 26.8 Å². The van der Waals surface area contributed by atoms with Crippen molar-refractivity contribution in [3.8, 4) is 0 Å². The van der Waals surface area contributed by atoms with Crippen molar-refractivity contribution in [2.24, 2.45) is 0 Å². The van der Waals surface area contributed by atoms with Crippen LogP contribution in [-0.2, 0) is 11.2 Å². The Bertz CT molecular complexity index is 433. The van der Waals surface area contributed by atoms with E-state index in [1.165, 1.54) is 0 Å². The zero-order chi connectivity index (χ0) is 13.1. The molecule has 0 spiro atoms. The Morgan fingerprint density at radius 3 is 3.00 bits per heavy atom. The lowest BCUT2D eigenvalue weighted by molar-refractivity contribution is -0.122. The summed E-state index contributed by atoms with van der Waals surface area (Å²) in [7, 11) is 0. The lowest BCUT2D eigenvalue weighted by Gasteiger charge is -2.29. The smallest absolute Gasteiger partial charge is 0.225 e. The zero-order valence-corrected chi connectivity index (χ0v) is 11.5. The van der Waals surface area contributed by atoms with Gasteiger partial charge in [-0.2, -0.15) is 0 Å². The van der Waals surface area contributed by atoms with Crippen molar-refractivity contribution in [1.82, 2.24) is 15.6 Å². The Balaban J connectivity index is 1.90. The number of aliphatic hydroxyl groups is 1. The molecule has 6 heteroatoms. The van der Waals surface area contributed by atoms with Gasteiger partial charge in [-0.3, -0.25) is 4.79 Å². The highest BCUT2D eigenvalue weighted by molar-refractivity contribution is 7.11. The van der Waals surface area contributed by atoms with Crippen LogP contribution in [0.2, 0.25) is 0 Å². The second-order valence-corrected chi connectivity index (χ2v) is 5.94. The minimum Gasteiger partial charge on any atom is -0.390 e. The maximum absolute atomic E-state index is 11.9. The molecule has 1 aromatic rings. The number of aryl methyl sites for hydroxylation is 2. The Hall–Kier alpha value is -0.980. The van der Waals surface area contributed by atoms with E-state index < -0.39 is 6.10 Å². The van der Waals surface area contributed by atoms with Crippen molar-refractivity contribution >= 4 is 17.2 Å². The third-order valence-corrected chi connectivity index (χ3v) is 4.19. The van der Waals surface area contributed by atoms with Gasteiger partial charge < -0.3 is 15.7 Å². The van der Waals surface area contributed by atoms with Crippen molar-refractivity contribution in [2.75, 3.05) is 13.1 Å². The van der Waals surface area contributed by atoms with Gasteiger partial charge in [-0.25, -0.2) is 4.98 Å². The number of hydrogen-bond acceptors (Lipinski definition) is 5. The molecule has 0 aromatic carbocycles. The summed E-state index contributed by atoms with van der Waals surface area (Å²) in [6.45, 7) is 5.24. The molecule has 0 aliphatic carbocycles.